The number of benzene rings is 1. The number of thiophene rings is 1. The van der Waals surface area contributed by atoms with Crippen molar-refractivity contribution in [2.24, 2.45) is 0 Å². The highest BCUT2D eigenvalue weighted by atomic mass is 35.5. The van der Waals surface area contributed by atoms with Crippen LogP contribution >= 0.6 is 22.9 Å². The van der Waals surface area contributed by atoms with Crippen LogP contribution in [-0.2, 0) is 4.74 Å². The molecule has 2 aromatic rings. The molecule has 2 rings (SSSR count). The number of non-ortho nitro benzene ring substituents is 1. The van der Waals surface area contributed by atoms with Crippen molar-refractivity contribution < 1.29 is 27.6 Å². The van der Waals surface area contributed by atoms with Gasteiger partial charge in [-0.25, -0.2) is 4.79 Å². The van der Waals surface area contributed by atoms with Gasteiger partial charge in [0.05, 0.1) is 9.95 Å². The average Bonchev–Trinajstić information content (AvgIpc) is 2.72. The molecule has 0 unspecified atom stereocenters. The number of ether oxygens (including phenoxy) is 1. The Kier molecular flexibility index (Phi) is 4.06. The number of carbonyl (C=O) groups excluding carboxylic acids is 1. The lowest BCUT2D eigenvalue weighted by atomic mass is 10.2. The van der Waals surface area contributed by atoms with Gasteiger partial charge in [0.25, 0.3) is 5.69 Å². The van der Waals surface area contributed by atoms with E-state index in [1.807, 2.05) is 0 Å². The second-order valence-corrected chi connectivity index (χ2v) is 5.30. The van der Waals surface area contributed by atoms with Gasteiger partial charge < -0.3 is 4.74 Å². The van der Waals surface area contributed by atoms with Gasteiger partial charge in [-0.15, -0.1) is 11.3 Å². The Balaban J connectivity index is 2.34. The summed E-state index contributed by atoms with van der Waals surface area (Å²) in [7, 11) is 0. The SMILES string of the molecule is O=C(OCC(F)(F)F)c1sc2cc([N+](=O)[O-])ccc2c1Cl. The Hall–Kier alpha value is -1.87. The van der Waals surface area contributed by atoms with Crippen LogP contribution in [-0.4, -0.2) is 23.7 Å². The predicted molar refractivity (Wildman–Crippen MR) is 69.8 cm³/mol. The lowest BCUT2D eigenvalue weighted by molar-refractivity contribution is -0.384. The Morgan fingerprint density at radius 2 is 2.10 bits per heavy atom. The highest BCUT2D eigenvalue weighted by Crippen LogP contribution is 2.37. The maximum atomic E-state index is 12.0. The maximum Gasteiger partial charge on any atom is 0.422 e. The van der Waals surface area contributed by atoms with E-state index in [1.165, 1.54) is 18.2 Å². The first kappa shape index (κ1) is 15.5. The second-order valence-electron chi connectivity index (χ2n) is 3.87. The minimum atomic E-state index is -4.64. The minimum Gasteiger partial charge on any atom is -0.452 e. The number of alkyl halides is 3. The van der Waals surface area contributed by atoms with Gasteiger partial charge in [-0.3, -0.25) is 10.1 Å². The van der Waals surface area contributed by atoms with E-state index in [-0.39, 0.29) is 15.6 Å². The van der Waals surface area contributed by atoms with Crippen molar-refractivity contribution in [3.8, 4) is 0 Å². The summed E-state index contributed by atoms with van der Waals surface area (Å²) in [6, 6.07) is 3.70. The molecule has 0 amide bonds. The lowest BCUT2D eigenvalue weighted by Gasteiger charge is -2.06. The van der Waals surface area contributed by atoms with Crippen molar-refractivity contribution in [3.05, 3.63) is 38.2 Å². The van der Waals surface area contributed by atoms with Gasteiger partial charge in [0.1, 0.15) is 4.88 Å². The Morgan fingerprint density at radius 1 is 1.43 bits per heavy atom. The summed E-state index contributed by atoms with van der Waals surface area (Å²) < 4.78 is 40.4. The van der Waals surface area contributed by atoms with Crippen molar-refractivity contribution >= 4 is 44.7 Å². The summed E-state index contributed by atoms with van der Waals surface area (Å²) in [4.78, 5) is 21.4. The van der Waals surface area contributed by atoms with Crippen LogP contribution in [0.2, 0.25) is 5.02 Å². The molecule has 0 aliphatic carbocycles. The van der Waals surface area contributed by atoms with E-state index < -0.39 is 23.7 Å². The zero-order valence-corrected chi connectivity index (χ0v) is 11.5. The maximum absolute atomic E-state index is 12.0. The quantitative estimate of drug-likeness (QED) is 0.478. The summed E-state index contributed by atoms with van der Waals surface area (Å²) in [5, 5.41) is 10.9. The smallest absolute Gasteiger partial charge is 0.422 e. The third-order valence-electron chi connectivity index (χ3n) is 2.38. The number of halogens is 4. The molecular weight excluding hydrogens is 335 g/mol. The zero-order valence-electron chi connectivity index (χ0n) is 9.94. The summed E-state index contributed by atoms with van der Waals surface area (Å²) in [5.41, 5.74) is -0.212. The molecule has 0 fully saturated rings. The van der Waals surface area contributed by atoms with Gasteiger partial charge in [0.2, 0.25) is 0 Å². The third kappa shape index (κ3) is 3.42. The fourth-order valence-electron chi connectivity index (χ4n) is 1.51. The Bertz CT molecular complexity index is 728. The van der Waals surface area contributed by atoms with E-state index >= 15 is 0 Å². The largest absolute Gasteiger partial charge is 0.452 e. The monoisotopic (exact) mass is 339 g/mol. The molecule has 0 atom stereocenters. The number of hydrogen-bond donors (Lipinski definition) is 0. The molecule has 1 heterocycles. The fraction of sp³-hybridized carbons (Fsp3) is 0.182. The van der Waals surface area contributed by atoms with E-state index in [4.69, 9.17) is 11.6 Å². The van der Waals surface area contributed by atoms with Crippen LogP contribution in [0.25, 0.3) is 10.1 Å². The summed E-state index contributed by atoms with van der Waals surface area (Å²) in [5.74, 6) is -1.22. The predicted octanol–water partition coefficient (Wildman–Crippen LogP) is 4.18. The fourth-order valence-corrected chi connectivity index (χ4v) is 2.95. The number of nitro groups is 1. The van der Waals surface area contributed by atoms with Crippen molar-refractivity contribution in [1.82, 2.24) is 0 Å². The molecule has 10 heteroatoms. The first-order valence-corrected chi connectivity index (χ1v) is 6.49. The molecule has 0 radical (unpaired) electrons. The summed E-state index contributed by atoms with van der Waals surface area (Å²) >= 11 is 6.63. The van der Waals surface area contributed by atoms with Crippen LogP contribution in [0.3, 0.4) is 0 Å². The van der Waals surface area contributed by atoms with Crippen LogP contribution in [0, 0.1) is 10.1 Å². The Morgan fingerprint density at radius 3 is 2.67 bits per heavy atom. The molecule has 112 valence electrons. The normalized spacial score (nSPS) is 11.6. The topological polar surface area (TPSA) is 69.4 Å². The summed E-state index contributed by atoms with van der Waals surface area (Å²) in [6.07, 6.45) is -4.64. The number of nitrogens with zero attached hydrogens (tertiary/aromatic N) is 1. The van der Waals surface area contributed by atoms with Crippen LogP contribution in [0.1, 0.15) is 9.67 Å². The zero-order chi connectivity index (χ0) is 15.8. The molecule has 1 aromatic heterocycles. The van der Waals surface area contributed by atoms with Crippen molar-refractivity contribution in [2.45, 2.75) is 6.18 Å². The molecule has 0 bridgehead atoms. The minimum absolute atomic E-state index is 0.0860. The van der Waals surface area contributed by atoms with Gasteiger partial charge in [0, 0.05) is 22.2 Å². The van der Waals surface area contributed by atoms with Crippen molar-refractivity contribution in [3.63, 3.8) is 0 Å². The molecule has 0 saturated heterocycles. The third-order valence-corrected chi connectivity index (χ3v) is 4.01. The molecule has 21 heavy (non-hydrogen) atoms. The van der Waals surface area contributed by atoms with E-state index in [1.54, 1.807) is 0 Å². The van der Waals surface area contributed by atoms with Gasteiger partial charge in [-0.05, 0) is 6.07 Å². The highest BCUT2D eigenvalue weighted by molar-refractivity contribution is 7.21. The molecule has 0 spiro atoms. The average molecular weight is 340 g/mol. The van der Waals surface area contributed by atoms with Gasteiger partial charge in [-0.2, -0.15) is 13.2 Å². The Labute approximate surface area is 124 Å². The number of rotatable bonds is 3. The van der Waals surface area contributed by atoms with E-state index in [9.17, 15) is 28.1 Å². The molecular formula is C11H5ClF3NO4S. The van der Waals surface area contributed by atoms with Gasteiger partial charge in [-0.1, -0.05) is 11.6 Å². The van der Waals surface area contributed by atoms with E-state index in [0.29, 0.717) is 10.1 Å². The standard InChI is InChI=1S/C11H5ClF3NO4S/c12-8-6-2-1-5(16(18)19)3-7(6)21-9(8)10(17)20-4-11(13,14)15/h1-3H,4H2. The molecule has 5 nitrogen and oxygen atoms in total. The first-order valence-electron chi connectivity index (χ1n) is 5.29. The van der Waals surface area contributed by atoms with E-state index in [0.717, 1.165) is 11.3 Å². The van der Waals surface area contributed by atoms with Crippen LogP contribution in [0.15, 0.2) is 18.2 Å². The second kappa shape index (κ2) is 5.49. The number of fused-ring (bicyclic) bond motifs is 1. The van der Waals surface area contributed by atoms with Crippen molar-refractivity contribution in [1.29, 1.82) is 0 Å². The number of carbonyl (C=O) groups is 1. The lowest BCUT2D eigenvalue weighted by Crippen LogP contribution is -2.20. The van der Waals surface area contributed by atoms with Gasteiger partial charge >= 0.3 is 12.1 Å². The van der Waals surface area contributed by atoms with Crippen molar-refractivity contribution in [2.75, 3.05) is 6.61 Å². The van der Waals surface area contributed by atoms with Crippen LogP contribution in [0.5, 0.6) is 0 Å². The highest BCUT2D eigenvalue weighted by Gasteiger charge is 2.31. The first-order chi connectivity index (χ1) is 9.69. The summed E-state index contributed by atoms with van der Waals surface area (Å²) in [6.45, 7) is -1.73. The van der Waals surface area contributed by atoms with Crippen LogP contribution < -0.4 is 0 Å². The van der Waals surface area contributed by atoms with E-state index in [2.05, 4.69) is 4.74 Å². The van der Waals surface area contributed by atoms with Crippen LogP contribution in [0.4, 0.5) is 18.9 Å². The molecule has 0 saturated carbocycles. The molecule has 0 N–H and O–H groups in total. The number of esters is 1. The molecule has 0 aliphatic heterocycles. The van der Waals surface area contributed by atoms with Gasteiger partial charge in [0.15, 0.2) is 6.61 Å². The molecule has 0 aliphatic rings. The number of hydrogen-bond acceptors (Lipinski definition) is 5. The molecule has 1 aromatic carbocycles. The number of nitro benzene ring substituents is 1.